The van der Waals surface area contributed by atoms with Gasteiger partial charge in [-0.3, -0.25) is 4.68 Å². The Morgan fingerprint density at radius 3 is 2.79 bits per heavy atom. The molecular weight excluding hydrogens is 326 g/mol. The van der Waals surface area contributed by atoms with Gasteiger partial charge in [-0.2, -0.15) is 5.10 Å². The summed E-state index contributed by atoms with van der Waals surface area (Å²) in [5.74, 6) is 1.07. The Balaban J connectivity index is 1.42. The quantitative estimate of drug-likeness (QED) is 0.831. The fraction of sp³-hybridized carbons (Fsp3) is 0.625. The Labute approximate surface area is 141 Å². The van der Waals surface area contributed by atoms with E-state index in [0.29, 0.717) is 13.1 Å². The number of aryl methyl sites for hydroxylation is 1. The predicted molar refractivity (Wildman–Crippen MR) is 88.7 cm³/mol. The van der Waals surface area contributed by atoms with Crippen molar-refractivity contribution in [3.05, 3.63) is 24.4 Å². The van der Waals surface area contributed by atoms with Crippen LogP contribution < -0.4 is 0 Å². The average molecular weight is 347 g/mol. The summed E-state index contributed by atoms with van der Waals surface area (Å²) >= 11 is 0. The molecule has 24 heavy (non-hydrogen) atoms. The highest BCUT2D eigenvalue weighted by Crippen LogP contribution is 2.45. The van der Waals surface area contributed by atoms with Gasteiger partial charge in [-0.15, -0.1) is 0 Å². The minimum absolute atomic E-state index is 0.0164. The third kappa shape index (κ3) is 2.09. The van der Waals surface area contributed by atoms with E-state index in [9.17, 15) is 8.42 Å². The minimum atomic E-state index is -3.07. The standard InChI is InChI=1S/C16H21N5O2S/c1-19-9-12(7-18-19)14-8-17-15-6-16(11-21(14)15)4-5-20(10-16)24(22,23)13-2-3-13/h7-9,13H,2-6,10-11H2,1H3. The first-order valence-corrected chi connectivity index (χ1v) is 10.00. The van der Waals surface area contributed by atoms with Crippen molar-refractivity contribution in [2.75, 3.05) is 13.1 Å². The van der Waals surface area contributed by atoms with E-state index in [1.54, 1.807) is 8.99 Å². The second kappa shape index (κ2) is 4.70. The summed E-state index contributed by atoms with van der Waals surface area (Å²) in [5, 5.41) is 4.13. The van der Waals surface area contributed by atoms with Gasteiger partial charge in [-0.1, -0.05) is 0 Å². The summed E-state index contributed by atoms with van der Waals surface area (Å²) in [6, 6.07) is 0. The molecule has 128 valence electrons. The van der Waals surface area contributed by atoms with Gasteiger partial charge in [-0.25, -0.2) is 17.7 Å². The zero-order valence-corrected chi connectivity index (χ0v) is 14.5. The Kier molecular flexibility index (Phi) is 2.87. The lowest BCUT2D eigenvalue weighted by Crippen LogP contribution is -2.35. The van der Waals surface area contributed by atoms with Crippen molar-refractivity contribution in [2.45, 2.75) is 37.5 Å². The van der Waals surface area contributed by atoms with Crippen molar-refractivity contribution >= 4 is 10.0 Å². The fourth-order valence-electron chi connectivity index (χ4n) is 4.20. The van der Waals surface area contributed by atoms with Crippen LogP contribution in [0.25, 0.3) is 11.3 Å². The zero-order valence-electron chi connectivity index (χ0n) is 13.7. The van der Waals surface area contributed by atoms with Crippen molar-refractivity contribution < 1.29 is 8.42 Å². The first kappa shape index (κ1) is 14.7. The Morgan fingerprint density at radius 2 is 2.08 bits per heavy atom. The number of aromatic nitrogens is 4. The number of imidazole rings is 1. The van der Waals surface area contributed by atoms with E-state index in [1.165, 1.54) is 0 Å². The van der Waals surface area contributed by atoms with Gasteiger partial charge in [0, 0.05) is 50.3 Å². The summed E-state index contributed by atoms with van der Waals surface area (Å²) in [5.41, 5.74) is 2.16. The molecule has 0 bridgehead atoms. The Bertz CT molecular complexity index is 911. The normalized spacial score (nSPS) is 27.2. The molecule has 0 aromatic carbocycles. The number of fused-ring (bicyclic) bond motifs is 1. The molecule has 5 rings (SSSR count). The maximum atomic E-state index is 12.5. The molecule has 1 atom stereocenters. The van der Waals surface area contributed by atoms with Gasteiger partial charge in [0.1, 0.15) is 5.82 Å². The molecule has 1 unspecified atom stereocenters. The molecule has 3 aliphatic rings. The molecule has 4 heterocycles. The molecule has 2 aromatic rings. The molecule has 0 radical (unpaired) electrons. The largest absolute Gasteiger partial charge is 0.327 e. The number of nitrogens with zero attached hydrogens (tertiary/aromatic N) is 5. The number of sulfonamides is 1. The smallest absolute Gasteiger partial charge is 0.217 e. The summed E-state index contributed by atoms with van der Waals surface area (Å²) in [6.45, 7) is 2.15. The van der Waals surface area contributed by atoms with E-state index < -0.39 is 10.0 Å². The van der Waals surface area contributed by atoms with Crippen molar-refractivity contribution in [1.82, 2.24) is 23.6 Å². The third-order valence-corrected chi connectivity index (χ3v) is 8.02. The summed E-state index contributed by atoms with van der Waals surface area (Å²) in [4.78, 5) is 4.59. The fourth-order valence-corrected chi connectivity index (χ4v) is 6.16. The van der Waals surface area contributed by atoms with Crippen LogP contribution in [0.15, 0.2) is 18.6 Å². The predicted octanol–water partition coefficient (Wildman–Crippen LogP) is 1.02. The maximum Gasteiger partial charge on any atom is 0.217 e. The van der Waals surface area contributed by atoms with E-state index in [-0.39, 0.29) is 10.7 Å². The molecule has 2 aliphatic heterocycles. The summed E-state index contributed by atoms with van der Waals surface area (Å²) in [7, 11) is -1.16. The van der Waals surface area contributed by atoms with Crippen LogP contribution in [0.1, 0.15) is 25.1 Å². The minimum Gasteiger partial charge on any atom is -0.327 e. The summed E-state index contributed by atoms with van der Waals surface area (Å²) < 4.78 is 30.8. The van der Waals surface area contributed by atoms with Crippen LogP contribution in [0.2, 0.25) is 0 Å². The lowest BCUT2D eigenvalue weighted by atomic mass is 9.86. The van der Waals surface area contributed by atoms with Gasteiger partial charge in [0.15, 0.2) is 0 Å². The van der Waals surface area contributed by atoms with Crippen LogP contribution in [0, 0.1) is 5.41 Å². The van der Waals surface area contributed by atoms with E-state index in [4.69, 9.17) is 0 Å². The second-order valence-corrected chi connectivity index (χ2v) is 9.77. The lowest BCUT2D eigenvalue weighted by Gasteiger charge is -2.23. The Morgan fingerprint density at radius 1 is 1.25 bits per heavy atom. The molecule has 7 nitrogen and oxygen atoms in total. The molecule has 0 amide bonds. The molecule has 1 spiro atoms. The molecule has 1 aliphatic carbocycles. The third-order valence-electron chi connectivity index (χ3n) is 5.67. The SMILES string of the molecule is Cn1cc(-c2cnc3n2CC2(CCN(S(=O)(=O)C4CC4)C2)C3)cn1. The van der Waals surface area contributed by atoms with Crippen LogP contribution in [0.3, 0.4) is 0 Å². The average Bonchev–Trinajstić information content (AvgIpc) is 2.87. The highest BCUT2D eigenvalue weighted by molar-refractivity contribution is 7.90. The van der Waals surface area contributed by atoms with Gasteiger partial charge in [0.2, 0.25) is 10.0 Å². The number of hydrogen-bond donors (Lipinski definition) is 0. The van der Waals surface area contributed by atoms with Gasteiger partial charge in [-0.05, 0) is 19.3 Å². The van der Waals surface area contributed by atoms with E-state index >= 15 is 0 Å². The van der Waals surface area contributed by atoms with Crippen LogP contribution in [0.4, 0.5) is 0 Å². The topological polar surface area (TPSA) is 73.0 Å². The van der Waals surface area contributed by atoms with Crippen molar-refractivity contribution in [1.29, 1.82) is 0 Å². The molecule has 2 fully saturated rings. The first-order valence-electron chi connectivity index (χ1n) is 8.49. The van der Waals surface area contributed by atoms with Crippen molar-refractivity contribution in [3.8, 4) is 11.3 Å². The van der Waals surface area contributed by atoms with E-state index in [1.807, 2.05) is 25.6 Å². The van der Waals surface area contributed by atoms with E-state index in [0.717, 1.165) is 49.3 Å². The summed E-state index contributed by atoms with van der Waals surface area (Å²) in [6.07, 6.45) is 9.21. The highest BCUT2D eigenvalue weighted by atomic mass is 32.2. The molecule has 1 saturated carbocycles. The van der Waals surface area contributed by atoms with Crippen LogP contribution in [-0.2, 0) is 30.0 Å². The van der Waals surface area contributed by atoms with Gasteiger partial charge >= 0.3 is 0 Å². The van der Waals surface area contributed by atoms with Crippen molar-refractivity contribution in [2.24, 2.45) is 12.5 Å². The van der Waals surface area contributed by atoms with Crippen molar-refractivity contribution in [3.63, 3.8) is 0 Å². The van der Waals surface area contributed by atoms with Gasteiger partial charge < -0.3 is 4.57 Å². The van der Waals surface area contributed by atoms with Crippen LogP contribution in [-0.4, -0.2) is 50.4 Å². The van der Waals surface area contributed by atoms with Crippen LogP contribution >= 0.6 is 0 Å². The van der Waals surface area contributed by atoms with Crippen LogP contribution in [0.5, 0.6) is 0 Å². The molecule has 1 saturated heterocycles. The Hall–Kier alpha value is -1.67. The number of rotatable bonds is 3. The monoisotopic (exact) mass is 347 g/mol. The van der Waals surface area contributed by atoms with Gasteiger partial charge in [0.05, 0.1) is 23.3 Å². The lowest BCUT2D eigenvalue weighted by molar-refractivity contribution is 0.297. The number of hydrogen-bond acceptors (Lipinski definition) is 4. The molecular formula is C16H21N5O2S. The zero-order chi connectivity index (χ0) is 16.5. The first-order chi connectivity index (χ1) is 11.5. The second-order valence-electron chi connectivity index (χ2n) is 7.55. The molecule has 0 N–H and O–H groups in total. The highest BCUT2D eigenvalue weighted by Gasteiger charge is 2.50. The molecule has 2 aromatic heterocycles. The maximum absolute atomic E-state index is 12.5. The van der Waals surface area contributed by atoms with Gasteiger partial charge in [0.25, 0.3) is 0 Å². The van der Waals surface area contributed by atoms with E-state index in [2.05, 4.69) is 14.6 Å². The molecule has 8 heteroatoms.